The van der Waals surface area contributed by atoms with Crippen molar-refractivity contribution in [1.29, 1.82) is 0 Å². The average molecular weight is 285 g/mol. The zero-order valence-electron chi connectivity index (χ0n) is 9.45. The molecule has 2 rings (SSSR count). The van der Waals surface area contributed by atoms with Crippen LogP contribution in [0.25, 0.3) is 0 Å². The van der Waals surface area contributed by atoms with Gasteiger partial charge in [-0.1, -0.05) is 6.07 Å². The number of hydrogen-bond donors (Lipinski definition) is 1. The fraction of sp³-hybridized carbons (Fsp3) is 0.500. The van der Waals surface area contributed by atoms with E-state index in [9.17, 15) is 0 Å². The third-order valence-electron chi connectivity index (χ3n) is 3.03. The number of hydrogen-bond acceptors (Lipinski definition) is 3. The summed E-state index contributed by atoms with van der Waals surface area (Å²) in [5.74, 6) is 0. The van der Waals surface area contributed by atoms with E-state index in [2.05, 4.69) is 40.0 Å². The summed E-state index contributed by atoms with van der Waals surface area (Å²) in [6.07, 6.45) is 1.13. The van der Waals surface area contributed by atoms with E-state index in [0.717, 1.165) is 36.3 Å². The number of likely N-dealkylation sites (N-methyl/N-ethyl adjacent to an activating group) is 1. The Balaban J connectivity index is 1.99. The van der Waals surface area contributed by atoms with Gasteiger partial charge in [-0.2, -0.15) is 0 Å². The van der Waals surface area contributed by atoms with Gasteiger partial charge in [-0.15, -0.1) is 0 Å². The normalized spacial score (nSPS) is 20.6. The summed E-state index contributed by atoms with van der Waals surface area (Å²) in [4.78, 5) is 2.34. The number of anilines is 1. The van der Waals surface area contributed by atoms with Crippen LogP contribution in [0.1, 0.15) is 12.0 Å². The van der Waals surface area contributed by atoms with Gasteiger partial charge in [0.05, 0.1) is 6.61 Å². The van der Waals surface area contributed by atoms with Crippen molar-refractivity contribution in [2.45, 2.75) is 19.0 Å². The topological polar surface area (TPSA) is 38.5 Å². The molecule has 0 saturated carbocycles. The minimum absolute atomic E-state index is 0.552. The second-order valence-corrected chi connectivity index (χ2v) is 5.14. The monoisotopic (exact) mass is 284 g/mol. The predicted molar refractivity (Wildman–Crippen MR) is 69.2 cm³/mol. The van der Waals surface area contributed by atoms with E-state index >= 15 is 0 Å². The third-order valence-corrected chi connectivity index (χ3v) is 3.71. The summed E-state index contributed by atoms with van der Waals surface area (Å²) in [6, 6.07) is 6.66. The molecular weight excluding hydrogens is 268 g/mol. The quantitative estimate of drug-likeness (QED) is 0.866. The Hall–Kier alpha value is -0.580. The standard InChI is InChI=1S/C12H17BrN2O/c1-15(10-4-5-16-8-10)7-9-2-3-12(14)11(13)6-9/h2-3,6,10H,4-5,7-8,14H2,1H3. The molecule has 1 aliphatic heterocycles. The zero-order valence-corrected chi connectivity index (χ0v) is 11.0. The maximum Gasteiger partial charge on any atom is 0.0622 e. The lowest BCUT2D eigenvalue weighted by Gasteiger charge is -2.22. The summed E-state index contributed by atoms with van der Waals surface area (Å²) >= 11 is 3.45. The van der Waals surface area contributed by atoms with Crippen molar-refractivity contribution in [2.24, 2.45) is 0 Å². The summed E-state index contributed by atoms with van der Waals surface area (Å²) in [7, 11) is 2.14. The van der Waals surface area contributed by atoms with Crippen LogP contribution >= 0.6 is 15.9 Å². The van der Waals surface area contributed by atoms with E-state index in [0.29, 0.717) is 6.04 Å². The molecule has 1 fully saturated rings. The first kappa shape index (κ1) is 11.9. The van der Waals surface area contributed by atoms with Crippen molar-refractivity contribution in [2.75, 3.05) is 26.0 Å². The first-order valence-electron chi connectivity index (χ1n) is 5.48. The molecule has 0 aliphatic carbocycles. The second kappa shape index (κ2) is 5.17. The second-order valence-electron chi connectivity index (χ2n) is 4.29. The molecule has 3 nitrogen and oxygen atoms in total. The number of rotatable bonds is 3. The molecule has 1 aromatic carbocycles. The van der Waals surface area contributed by atoms with Crippen LogP contribution in [0.4, 0.5) is 5.69 Å². The Morgan fingerprint density at radius 1 is 1.56 bits per heavy atom. The van der Waals surface area contributed by atoms with E-state index in [-0.39, 0.29) is 0 Å². The average Bonchev–Trinajstić information content (AvgIpc) is 2.77. The van der Waals surface area contributed by atoms with Gasteiger partial charge < -0.3 is 10.5 Å². The molecule has 1 aromatic rings. The lowest BCUT2D eigenvalue weighted by atomic mass is 10.1. The third kappa shape index (κ3) is 2.75. The van der Waals surface area contributed by atoms with E-state index in [1.165, 1.54) is 5.56 Å². The Labute approximate surface area is 105 Å². The van der Waals surface area contributed by atoms with E-state index in [4.69, 9.17) is 10.5 Å². The van der Waals surface area contributed by atoms with Crippen LogP contribution in [-0.2, 0) is 11.3 Å². The van der Waals surface area contributed by atoms with Gasteiger partial charge in [0.1, 0.15) is 0 Å². The first-order valence-corrected chi connectivity index (χ1v) is 6.28. The predicted octanol–water partition coefficient (Wildman–Crippen LogP) is 2.25. The largest absolute Gasteiger partial charge is 0.398 e. The van der Waals surface area contributed by atoms with Gasteiger partial charge in [0.2, 0.25) is 0 Å². The molecule has 1 aliphatic rings. The number of nitrogens with zero attached hydrogens (tertiary/aromatic N) is 1. The Bertz CT molecular complexity index is 364. The minimum atomic E-state index is 0.552. The summed E-state index contributed by atoms with van der Waals surface area (Å²) < 4.78 is 6.36. The Morgan fingerprint density at radius 3 is 3.00 bits per heavy atom. The first-order chi connectivity index (χ1) is 7.66. The van der Waals surface area contributed by atoms with E-state index in [1.54, 1.807) is 0 Å². The molecule has 0 aromatic heterocycles. The van der Waals surface area contributed by atoms with Gasteiger partial charge in [-0.3, -0.25) is 4.90 Å². The van der Waals surface area contributed by atoms with Gasteiger partial charge >= 0.3 is 0 Å². The van der Waals surface area contributed by atoms with Crippen LogP contribution < -0.4 is 5.73 Å². The number of ether oxygens (including phenoxy) is 1. The number of nitrogen functional groups attached to an aromatic ring is 1. The lowest BCUT2D eigenvalue weighted by Crippen LogP contribution is -2.31. The Kier molecular flexibility index (Phi) is 3.84. The van der Waals surface area contributed by atoms with E-state index < -0.39 is 0 Å². The van der Waals surface area contributed by atoms with Crippen LogP contribution in [0.5, 0.6) is 0 Å². The van der Waals surface area contributed by atoms with Crippen molar-refractivity contribution in [3.8, 4) is 0 Å². The SMILES string of the molecule is CN(Cc1ccc(N)c(Br)c1)C1CCOC1. The van der Waals surface area contributed by atoms with Crippen LogP contribution in [0.3, 0.4) is 0 Å². The van der Waals surface area contributed by atoms with Crippen molar-refractivity contribution in [1.82, 2.24) is 4.90 Å². The number of benzene rings is 1. The molecule has 16 heavy (non-hydrogen) atoms. The molecule has 0 radical (unpaired) electrons. The molecule has 88 valence electrons. The summed E-state index contributed by atoms with van der Waals surface area (Å²) in [5.41, 5.74) is 7.82. The van der Waals surface area contributed by atoms with Crippen LogP contribution in [0.2, 0.25) is 0 Å². The van der Waals surface area contributed by atoms with Crippen molar-refractivity contribution in [3.63, 3.8) is 0 Å². The molecular formula is C12H17BrN2O. The minimum Gasteiger partial charge on any atom is -0.398 e. The molecule has 1 atom stereocenters. The molecule has 2 N–H and O–H groups in total. The van der Waals surface area contributed by atoms with E-state index in [1.807, 2.05) is 6.07 Å². The fourth-order valence-electron chi connectivity index (χ4n) is 1.96. The van der Waals surface area contributed by atoms with Crippen LogP contribution in [-0.4, -0.2) is 31.2 Å². The molecule has 1 unspecified atom stereocenters. The van der Waals surface area contributed by atoms with Gasteiger partial charge in [0.25, 0.3) is 0 Å². The smallest absolute Gasteiger partial charge is 0.0622 e. The fourth-order valence-corrected chi connectivity index (χ4v) is 2.38. The van der Waals surface area contributed by atoms with Gasteiger partial charge in [0.15, 0.2) is 0 Å². The maximum absolute atomic E-state index is 5.76. The molecule has 0 bridgehead atoms. The van der Waals surface area contributed by atoms with Crippen LogP contribution in [0, 0.1) is 0 Å². The molecule has 1 heterocycles. The summed E-state index contributed by atoms with van der Waals surface area (Å²) in [6.45, 7) is 2.68. The lowest BCUT2D eigenvalue weighted by molar-refractivity contribution is 0.156. The molecule has 0 amide bonds. The number of halogens is 1. The Morgan fingerprint density at radius 2 is 2.38 bits per heavy atom. The zero-order chi connectivity index (χ0) is 11.5. The van der Waals surface area contributed by atoms with Gasteiger partial charge in [0, 0.05) is 29.4 Å². The molecule has 4 heteroatoms. The van der Waals surface area contributed by atoms with Gasteiger partial charge in [-0.05, 0) is 47.1 Å². The van der Waals surface area contributed by atoms with Gasteiger partial charge in [-0.25, -0.2) is 0 Å². The highest BCUT2D eigenvalue weighted by molar-refractivity contribution is 9.10. The highest BCUT2D eigenvalue weighted by Crippen LogP contribution is 2.22. The van der Waals surface area contributed by atoms with Crippen molar-refractivity contribution < 1.29 is 4.74 Å². The maximum atomic E-state index is 5.76. The van der Waals surface area contributed by atoms with Crippen molar-refractivity contribution >= 4 is 21.6 Å². The molecule has 0 spiro atoms. The highest BCUT2D eigenvalue weighted by atomic mass is 79.9. The van der Waals surface area contributed by atoms with Crippen molar-refractivity contribution in [3.05, 3.63) is 28.2 Å². The van der Waals surface area contributed by atoms with Crippen LogP contribution in [0.15, 0.2) is 22.7 Å². The molecule has 1 saturated heterocycles. The number of nitrogens with two attached hydrogens (primary N) is 1. The highest BCUT2D eigenvalue weighted by Gasteiger charge is 2.20. The summed E-state index contributed by atoms with van der Waals surface area (Å²) in [5, 5.41) is 0.